The Balaban J connectivity index is 1.93. The lowest BCUT2D eigenvalue weighted by molar-refractivity contribution is 0.236. The third kappa shape index (κ3) is 6.61. The molecule has 0 saturated heterocycles. The Bertz CT molecular complexity index is 491. The second kappa shape index (κ2) is 11.5. The third-order valence-electron chi connectivity index (χ3n) is 4.88. The Morgan fingerprint density at radius 1 is 1.00 bits per heavy atom. The van der Waals surface area contributed by atoms with Gasteiger partial charge in [-0.1, -0.05) is 63.6 Å². The highest BCUT2D eigenvalue weighted by atomic mass is 28.2. The van der Waals surface area contributed by atoms with Gasteiger partial charge >= 0.3 is 0 Å². The van der Waals surface area contributed by atoms with Gasteiger partial charge < -0.3 is 9.47 Å². The number of alkyl halides is 2. The fraction of sp³-hybridized carbons (Fsp3) is 0.700. The number of benzene rings is 1. The molecule has 5 heteroatoms. The predicted octanol–water partition coefficient (Wildman–Crippen LogP) is 4.74. The van der Waals surface area contributed by atoms with Crippen LogP contribution in [0.1, 0.15) is 45.4 Å². The maximum absolute atomic E-state index is 12.5. The minimum Gasteiger partial charge on any atom is -0.487 e. The van der Waals surface area contributed by atoms with E-state index in [1.807, 2.05) is 12.1 Å². The topological polar surface area (TPSA) is 18.5 Å². The lowest BCUT2D eigenvalue weighted by atomic mass is 9.81. The molecular formula is C20H30F2O2Si. The first-order chi connectivity index (χ1) is 12.3. The molecule has 1 aliphatic rings. The molecule has 25 heavy (non-hydrogen) atoms. The van der Waals surface area contributed by atoms with Crippen molar-refractivity contribution in [2.24, 2.45) is 11.8 Å². The van der Waals surface area contributed by atoms with Crippen molar-refractivity contribution in [1.29, 1.82) is 0 Å². The average Bonchev–Trinajstić information content (AvgIpc) is 2.65. The minimum atomic E-state index is -0.546. The molecule has 1 aromatic carbocycles. The predicted molar refractivity (Wildman–Crippen MR) is 99.9 cm³/mol. The van der Waals surface area contributed by atoms with Crippen molar-refractivity contribution >= 4 is 14.7 Å². The standard InChI is InChI=1S/C20H30F2O2Si/c1-2-4-16-7-9-17(10-8-16)15-25-19-6-3-5-18(23-13-11-21)20(19)24-14-12-22/h3,5-6,16-17H,2,4,7-15H2,1H3. The first kappa shape index (κ1) is 20.2. The lowest BCUT2D eigenvalue weighted by Gasteiger charge is -2.28. The van der Waals surface area contributed by atoms with Gasteiger partial charge in [0, 0.05) is 0 Å². The van der Waals surface area contributed by atoms with E-state index in [1.54, 1.807) is 6.07 Å². The van der Waals surface area contributed by atoms with Crippen LogP contribution < -0.4 is 14.7 Å². The summed E-state index contributed by atoms with van der Waals surface area (Å²) in [4.78, 5) is 0. The van der Waals surface area contributed by atoms with Crippen LogP contribution in [0.3, 0.4) is 0 Å². The summed E-state index contributed by atoms with van der Waals surface area (Å²) >= 11 is 0. The molecule has 0 N–H and O–H groups in total. The Hall–Kier alpha value is -1.10. The molecule has 0 heterocycles. The zero-order valence-electron chi connectivity index (χ0n) is 15.2. The van der Waals surface area contributed by atoms with Crippen molar-refractivity contribution in [2.75, 3.05) is 26.6 Å². The van der Waals surface area contributed by atoms with Crippen LogP contribution in [0.5, 0.6) is 11.5 Å². The molecule has 1 fully saturated rings. The van der Waals surface area contributed by atoms with Gasteiger partial charge in [-0.05, 0) is 23.1 Å². The largest absolute Gasteiger partial charge is 0.487 e. The lowest BCUT2D eigenvalue weighted by Crippen LogP contribution is -2.23. The van der Waals surface area contributed by atoms with Crippen LogP contribution >= 0.6 is 0 Å². The Morgan fingerprint density at radius 3 is 2.36 bits per heavy atom. The molecule has 2 radical (unpaired) electrons. The number of ether oxygens (including phenoxy) is 2. The van der Waals surface area contributed by atoms with Crippen LogP contribution in [0.2, 0.25) is 6.04 Å². The molecule has 1 saturated carbocycles. The summed E-state index contributed by atoms with van der Waals surface area (Å²) in [5.41, 5.74) is 0. The molecule has 1 aromatic rings. The molecule has 0 atom stereocenters. The van der Waals surface area contributed by atoms with Crippen molar-refractivity contribution in [3.8, 4) is 11.5 Å². The minimum absolute atomic E-state index is 0.00000849. The highest BCUT2D eigenvalue weighted by molar-refractivity contribution is 6.54. The van der Waals surface area contributed by atoms with Crippen LogP contribution in [-0.4, -0.2) is 36.1 Å². The second-order valence-electron chi connectivity index (χ2n) is 6.76. The van der Waals surface area contributed by atoms with Gasteiger partial charge in [-0.15, -0.1) is 0 Å². The van der Waals surface area contributed by atoms with E-state index in [1.165, 1.54) is 38.5 Å². The summed E-state index contributed by atoms with van der Waals surface area (Å²) in [6.07, 6.45) is 8.00. The number of hydrogen-bond donors (Lipinski definition) is 0. The van der Waals surface area contributed by atoms with E-state index in [2.05, 4.69) is 6.92 Å². The number of hydrogen-bond acceptors (Lipinski definition) is 2. The van der Waals surface area contributed by atoms with Crippen LogP contribution in [0.4, 0.5) is 8.78 Å². The highest BCUT2D eigenvalue weighted by Crippen LogP contribution is 2.33. The summed E-state index contributed by atoms with van der Waals surface area (Å²) < 4.78 is 36.0. The summed E-state index contributed by atoms with van der Waals surface area (Å²) in [6.45, 7) is 1.19. The average molecular weight is 369 g/mol. The normalized spacial score (nSPS) is 20.4. The van der Waals surface area contributed by atoms with Crippen LogP contribution in [0, 0.1) is 11.8 Å². The van der Waals surface area contributed by atoms with E-state index in [4.69, 9.17) is 9.47 Å². The van der Waals surface area contributed by atoms with Gasteiger partial charge in [0.1, 0.15) is 26.6 Å². The van der Waals surface area contributed by atoms with Gasteiger partial charge in [0.15, 0.2) is 11.5 Å². The fourth-order valence-electron chi connectivity index (χ4n) is 3.59. The molecule has 140 valence electrons. The molecular weight excluding hydrogens is 338 g/mol. The van der Waals surface area contributed by atoms with E-state index >= 15 is 0 Å². The smallest absolute Gasteiger partial charge is 0.161 e. The quantitative estimate of drug-likeness (QED) is 0.525. The maximum atomic E-state index is 12.5. The number of halogens is 2. The molecule has 2 rings (SSSR count). The summed E-state index contributed by atoms with van der Waals surface area (Å²) in [6, 6.07) is 6.86. The van der Waals surface area contributed by atoms with Gasteiger partial charge in [0.2, 0.25) is 0 Å². The van der Waals surface area contributed by atoms with Gasteiger partial charge in [-0.3, -0.25) is 0 Å². The maximum Gasteiger partial charge on any atom is 0.161 e. The molecule has 0 spiro atoms. The van der Waals surface area contributed by atoms with Crippen LogP contribution in [-0.2, 0) is 0 Å². The van der Waals surface area contributed by atoms with Crippen molar-refractivity contribution in [1.82, 2.24) is 0 Å². The van der Waals surface area contributed by atoms with Crippen LogP contribution in [0.25, 0.3) is 0 Å². The third-order valence-corrected chi connectivity index (χ3v) is 6.44. The van der Waals surface area contributed by atoms with E-state index < -0.39 is 13.3 Å². The van der Waals surface area contributed by atoms with Crippen molar-refractivity contribution in [2.45, 2.75) is 51.5 Å². The molecule has 2 nitrogen and oxygen atoms in total. The van der Waals surface area contributed by atoms with Gasteiger partial charge in [0.25, 0.3) is 0 Å². The Morgan fingerprint density at radius 2 is 1.68 bits per heavy atom. The number of para-hydroxylation sites is 1. The zero-order chi connectivity index (χ0) is 17.9. The van der Waals surface area contributed by atoms with Crippen molar-refractivity contribution < 1.29 is 18.3 Å². The molecule has 0 unspecified atom stereocenters. The van der Waals surface area contributed by atoms with E-state index in [0.29, 0.717) is 21.0 Å². The monoisotopic (exact) mass is 368 g/mol. The van der Waals surface area contributed by atoms with Crippen LogP contribution in [0.15, 0.2) is 18.2 Å². The van der Waals surface area contributed by atoms with Crippen molar-refractivity contribution in [3.05, 3.63) is 18.2 Å². The Kier molecular flexibility index (Phi) is 9.30. The summed E-state index contributed by atoms with van der Waals surface area (Å²) in [5.74, 6) is 2.83. The van der Waals surface area contributed by atoms with Gasteiger partial charge in [-0.2, -0.15) is 0 Å². The Labute approximate surface area is 153 Å². The van der Waals surface area contributed by atoms with Crippen molar-refractivity contribution in [3.63, 3.8) is 0 Å². The van der Waals surface area contributed by atoms with E-state index in [9.17, 15) is 8.78 Å². The highest BCUT2D eigenvalue weighted by Gasteiger charge is 2.21. The zero-order valence-corrected chi connectivity index (χ0v) is 16.2. The van der Waals surface area contributed by atoms with E-state index in [-0.39, 0.29) is 13.2 Å². The van der Waals surface area contributed by atoms with Gasteiger partial charge in [-0.25, -0.2) is 8.78 Å². The summed E-state index contributed by atoms with van der Waals surface area (Å²) in [7, 11) is 0.619. The first-order valence-electron chi connectivity index (χ1n) is 9.52. The fourth-order valence-corrected chi connectivity index (χ4v) is 5.08. The van der Waals surface area contributed by atoms with E-state index in [0.717, 1.165) is 23.1 Å². The molecule has 0 bridgehead atoms. The summed E-state index contributed by atoms with van der Waals surface area (Å²) in [5, 5.41) is 1.07. The molecule has 0 aliphatic heterocycles. The number of rotatable bonds is 11. The molecule has 0 amide bonds. The second-order valence-corrected chi connectivity index (χ2v) is 8.06. The molecule has 0 aromatic heterocycles. The van der Waals surface area contributed by atoms with Gasteiger partial charge in [0.05, 0.1) is 9.52 Å². The first-order valence-corrected chi connectivity index (χ1v) is 10.7. The molecule has 1 aliphatic carbocycles. The SMILES string of the molecule is CCCC1CCC(C[Si]c2cccc(OCCF)c2OCCF)CC1.